The Balaban J connectivity index is 0. The monoisotopic (exact) mass is 180 g/mol. The second-order valence-corrected chi connectivity index (χ2v) is 2.53. The molecule has 1 amide bonds. The van der Waals surface area contributed by atoms with Crippen molar-refractivity contribution in [2.75, 3.05) is 13.6 Å². The topological polar surface area (TPSA) is 41.1 Å². The molecule has 0 aliphatic heterocycles. The highest BCUT2D eigenvalue weighted by molar-refractivity contribution is 5.85. The van der Waals surface area contributed by atoms with Gasteiger partial charge in [0.25, 0.3) is 0 Å². The first-order valence-corrected chi connectivity index (χ1v) is 3.60. The molecule has 0 aliphatic rings. The third kappa shape index (κ3) is 9.72. The molecule has 0 atom stereocenters. The normalized spacial score (nSPS) is 9.09. The van der Waals surface area contributed by atoms with E-state index in [1.165, 1.54) is 0 Å². The minimum atomic E-state index is 0. The quantitative estimate of drug-likeness (QED) is 0.663. The Morgan fingerprint density at radius 1 is 1.45 bits per heavy atom. The molecule has 0 radical (unpaired) electrons. The molecule has 0 saturated heterocycles. The molecule has 0 heterocycles. The lowest BCUT2D eigenvalue weighted by atomic mass is 10.3. The van der Waals surface area contributed by atoms with Gasteiger partial charge in [0.05, 0.1) is 0 Å². The van der Waals surface area contributed by atoms with Crippen LogP contribution < -0.4 is 10.6 Å². The van der Waals surface area contributed by atoms with E-state index >= 15 is 0 Å². The minimum Gasteiger partial charge on any atom is -0.359 e. The first kappa shape index (κ1) is 13.3. The fraction of sp³-hybridized carbons (Fsp3) is 0.857. The Labute approximate surface area is 74.3 Å². The maximum absolute atomic E-state index is 10.6. The maximum Gasteiger partial charge on any atom is 0.221 e. The molecule has 2 N–H and O–H groups in total. The summed E-state index contributed by atoms with van der Waals surface area (Å²) in [4.78, 5) is 10.6. The zero-order valence-corrected chi connectivity index (χ0v) is 8.12. The van der Waals surface area contributed by atoms with Gasteiger partial charge < -0.3 is 10.6 Å². The first-order chi connectivity index (χ1) is 4.66. The summed E-state index contributed by atoms with van der Waals surface area (Å²) in [5.41, 5.74) is 0. The number of hydrogen-bond donors (Lipinski definition) is 2. The lowest BCUT2D eigenvalue weighted by Gasteiger charge is -2.05. The molecular weight excluding hydrogens is 164 g/mol. The highest BCUT2D eigenvalue weighted by atomic mass is 35.5. The molecule has 3 nitrogen and oxygen atoms in total. The van der Waals surface area contributed by atoms with Crippen LogP contribution >= 0.6 is 12.4 Å². The third-order valence-corrected chi connectivity index (χ3v) is 1.18. The molecule has 0 rings (SSSR count). The van der Waals surface area contributed by atoms with E-state index in [9.17, 15) is 4.79 Å². The van der Waals surface area contributed by atoms with Gasteiger partial charge in [-0.25, -0.2) is 0 Å². The molecule has 0 bridgehead atoms. The van der Waals surface area contributed by atoms with Crippen LogP contribution in [0.15, 0.2) is 0 Å². The smallest absolute Gasteiger partial charge is 0.221 e. The lowest BCUT2D eigenvalue weighted by molar-refractivity contribution is -0.120. The van der Waals surface area contributed by atoms with Crippen molar-refractivity contribution in [3.63, 3.8) is 0 Å². The summed E-state index contributed by atoms with van der Waals surface area (Å²) in [5.74, 6) is 0.0909. The molecule has 0 unspecified atom stereocenters. The molecule has 11 heavy (non-hydrogen) atoms. The SMILES string of the molecule is CNC(=O)CCNC(C)C.Cl. The summed E-state index contributed by atoms with van der Waals surface area (Å²) in [7, 11) is 1.65. The van der Waals surface area contributed by atoms with Crippen LogP contribution in [-0.4, -0.2) is 25.5 Å². The summed E-state index contributed by atoms with van der Waals surface area (Å²) in [6.07, 6.45) is 0.564. The van der Waals surface area contributed by atoms with Crippen molar-refractivity contribution in [2.45, 2.75) is 26.3 Å². The Bertz CT molecular complexity index is 107. The summed E-state index contributed by atoms with van der Waals surface area (Å²) < 4.78 is 0. The fourth-order valence-electron chi connectivity index (χ4n) is 0.599. The molecule has 0 aromatic heterocycles. The average molecular weight is 181 g/mol. The number of nitrogens with one attached hydrogen (secondary N) is 2. The van der Waals surface area contributed by atoms with Crippen LogP contribution in [0.1, 0.15) is 20.3 Å². The van der Waals surface area contributed by atoms with E-state index in [1.54, 1.807) is 7.05 Å². The van der Waals surface area contributed by atoms with Crippen molar-refractivity contribution in [1.29, 1.82) is 0 Å². The van der Waals surface area contributed by atoms with E-state index in [-0.39, 0.29) is 18.3 Å². The average Bonchev–Trinajstić information content (AvgIpc) is 1.87. The van der Waals surface area contributed by atoms with Crippen LogP contribution in [0.25, 0.3) is 0 Å². The van der Waals surface area contributed by atoms with E-state index in [4.69, 9.17) is 0 Å². The standard InChI is InChI=1S/C7H16N2O.ClH/c1-6(2)9-5-4-7(10)8-3;/h6,9H,4-5H2,1-3H3,(H,8,10);1H. The zero-order chi connectivity index (χ0) is 7.98. The van der Waals surface area contributed by atoms with Crippen molar-refractivity contribution >= 4 is 18.3 Å². The third-order valence-electron chi connectivity index (χ3n) is 1.18. The van der Waals surface area contributed by atoms with Gasteiger partial charge in [-0.15, -0.1) is 12.4 Å². The van der Waals surface area contributed by atoms with Gasteiger partial charge in [0.2, 0.25) is 5.91 Å². The van der Waals surface area contributed by atoms with Crippen molar-refractivity contribution in [2.24, 2.45) is 0 Å². The summed E-state index contributed by atoms with van der Waals surface area (Å²) in [6, 6.07) is 0.463. The minimum absolute atomic E-state index is 0. The van der Waals surface area contributed by atoms with E-state index < -0.39 is 0 Å². The van der Waals surface area contributed by atoms with Crippen molar-refractivity contribution in [3.05, 3.63) is 0 Å². The van der Waals surface area contributed by atoms with Gasteiger partial charge in [-0.05, 0) is 0 Å². The van der Waals surface area contributed by atoms with Gasteiger partial charge in [0, 0.05) is 26.1 Å². The molecule has 0 aromatic carbocycles. The Morgan fingerprint density at radius 2 is 2.00 bits per heavy atom. The Morgan fingerprint density at radius 3 is 2.36 bits per heavy atom. The van der Waals surface area contributed by atoms with E-state index in [2.05, 4.69) is 24.5 Å². The molecule has 68 valence electrons. The number of hydrogen-bond acceptors (Lipinski definition) is 2. The van der Waals surface area contributed by atoms with Gasteiger partial charge in [-0.3, -0.25) is 4.79 Å². The van der Waals surface area contributed by atoms with Crippen LogP contribution in [0.2, 0.25) is 0 Å². The molecular formula is C7H17ClN2O. The van der Waals surface area contributed by atoms with Crippen molar-refractivity contribution in [1.82, 2.24) is 10.6 Å². The van der Waals surface area contributed by atoms with Gasteiger partial charge in [-0.2, -0.15) is 0 Å². The van der Waals surface area contributed by atoms with Crippen molar-refractivity contribution in [3.8, 4) is 0 Å². The summed E-state index contributed by atoms with van der Waals surface area (Å²) in [6.45, 7) is 4.88. The number of carbonyl (C=O) groups is 1. The molecule has 0 fully saturated rings. The zero-order valence-electron chi connectivity index (χ0n) is 7.31. The number of halogens is 1. The summed E-state index contributed by atoms with van der Waals surface area (Å²) in [5, 5.41) is 5.71. The maximum atomic E-state index is 10.6. The second-order valence-electron chi connectivity index (χ2n) is 2.53. The lowest BCUT2D eigenvalue weighted by Crippen LogP contribution is -2.28. The fourth-order valence-corrected chi connectivity index (χ4v) is 0.599. The van der Waals surface area contributed by atoms with Crippen LogP contribution in [0.4, 0.5) is 0 Å². The molecule has 0 aromatic rings. The van der Waals surface area contributed by atoms with Crippen LogP contribution in [0.5, 0.6) is 0 Å². The van der Waals surface area contributed by atoms with Gasteiger partial charge >= 0.3 is 0 Å². The number of rotatable bonds is 4. The second kappa shape index (κ2) is 7.82. The largest absolute Gasteiger partial charge is 0.359 e. The first-order valence-electron chi connectivity index (χ1n) is 3.60. The molecule has 4 heteroatoms. The summed E-state index contributed by atoms with van der Waals surface area (Å²) >= 11 is 0. The van der Waals surface area contributed by atoms with Crippen LogP contribution in [-0.2, 0) is 4.79 Å². The highest BCUT2D eigenvalue weighted by Gasteiger charge is 1.96. The predicted octanol–water partition coefficient (Wildman–Crippen LogP) is 0.542. The Kier molecular flexibility index (Phi) is 9.47. The van der Waals surface area contributed by atoms with E-state index in [0.29, 0.717) is 12.5 Å². The van der Waals surface area contributed by atoms with Gasteiger partial charge in [0.1, 0.15) is 0 Å². The van der Waals surface area contributed by atoms with Gasteiger partial charge in [-0.1, -0.05) is 13.8 Å². The molecule has 0 spiro atoms. The van der Waals surface area contributed by atoms with E-state index in [0.717, 1.165) is 6.54 Å². The van der Waals surface area contributed by atoms with Crippen LogP contribution in [0.3, 0.4) is 0 Å². The Hall–Kier alpha value is -0.280. The van der Waals surface area contributed by atoms with E-state index in [1.807, 2.05) is 0 Å². The number of amides is 1. The predicted molar refractivity (Wildman–Crippen MR) is 49.1 cm³/mol. The van der Waals surface area contributed by atoms with Crippen molar-refractivity contribution < 1.29 is 4.79 Å². The molecule has 0 aliphatic carbocycles. The van der Waals surface area contributed by atoms with Crippen LogP contribution in [0, 0.1) is 0 Å². The number of carbonyl (C=O) groups excluding carboxylic acids is 1. The van der Waals surface area contributed by atoms with Gasteiger partial charge in [0.15, 0.2) is 0 Å². The highest BCUT2D eigenvalue weighted by Crippen LogP contribution is 1.79. The molecule has 0 saturated carbocycles.